The number of hydrogen-bond acceptors (Lipinski definition) is 6. The largest absolute Gasteiger partial charge is 0.481 e. The summed E-state index contributed by atoms with van der Waals surface area (Å²) in [6.45, 7) is 0. The molecule has 0 fully saturated rings. The molecule has 8 nitrogen and oxygen atoms in total. The first-order chi connectivity index (χ1) is 16.6. The Morgan fingerprint density at radius 3 is 2.03 bits per heavy atom. The summed E-state index contributed by atoms with van der Waals surface area (Å²) in [7, 11) is 7.32. The first kappa shape index (κ1) is 25.7. The van der Waals surface area contributed by atoms with E-state index in [1.807, 2.05) is 64.6 Å². The summed E-state index contributed by atoms with van der Waals surface area (Å²) in [5, 5.41) is 12.8. The van der Waals surface area contributed by atoms with Gasteiger partial charge in [0.05, 0.1) is 6.42 Å². The van der Waals surface area contributed by atoms with Gasteiger partial charge in [0.15, 0.2) is 0 Å². The molecule has 2 N–H and O–H groups in total. The molecule has 0 spiro atoms. The van der Waals surface area contributed by atoms with Crippen LogP contribution in [0.3, 0.4) is 0 Å². The maximum atomic E-state index is 12.2. The van der Waals surface area contributed by atoms with Gasteiger partial charge >= 0.3 is 5.97 Å². The second-order valence-electron chi connectivity index (χ2n) is 8.37. The van der Waals surface area contributed by atoms with Crippen LogP contribution in [0.15, 0.2) is 54.6 Å². The van der Waals surface area contributed by atoms with Crippen molar-refractivity contribution in [3.8, 4) is 0 Å². The molecule has 0 unspecified atom stereocenters. The van der Waals surface area contributed by atoms with Crippen LogP contribution >= 0.6 is 11.6 Å². The number of amides is 1. The number of benzene rings is 2. The molecule has 0 radical (unpaired) electrons. The summed E-state index contributed by atoms with van der Waals surface area (Å²) >= 11 is 5.88. The lowest BCUT2D eigenvalue weighted by Crippen LogP contribution is -2.22. The standard InChI is InChI=1S/C26H28ClN5O3/c1-31(2)25-21(16-24(34)35)26(32(3)4)30-22(29-25)15-18-7-12-20(13-8-18)28-23(33)14-9-17-5-10-19(27)11-6-17/h5-14H,15-16H2,1-4H3,(H,28,33)(H,34,35)/b14-9+. The van der Waals surface area contributed by atoms with Crippen molar-refractivity contribution in [2.24, 2.45) is 0 Å². The third-order valence-corrected chi connectivity index (χ3v) is 5.32. The maximum Gasteiger partial charge on any atom is 0.308 e. The molecule has 9 heteroatoms. The minimum absolute atomic E-state index is 0.165. The van der Waals surface area contributed by atoms with E-state index in [9.17, 15) is 14.7 Å². The summed E-state index contributed by atoms with van der Waals surface area (Å²) < 4.78 is 0. The monoisotopic (exact) mass is 493 g/mol. The molecule has 0 aliphatic rings. The molecular weight excluding hydrogens is 466 g/mol. The number of rotatable bonds is 9. The number of anilines is 3. The number of hydrogen-bond donors (Lipinski definition) is 2. The van der Waals surface area contributed by atoms with Crippen LogP contribution in [0.4, 0.5) is 17.3 Å². The van der Waals surface area contributed by atoms with Crippen molar-refractivity contribution in [3.63, 3.8) is 0 Å². The predicted molar refractivity (Wildman–Crippen MR) is 140 cm³/mol. The second-order valence-corrected chi connectivity index (χ2v) is 8.81. The van der Waals surface area contributed by atoms with Crippen molar-refractivity contribution in [1.82, 2.24) is 9.97 Å². The number of carbonyl (C=O) groups excluding carboxylic acids is 1. The van der Waals surface area contributed by atoms with Crippen molar-refractivity contribution < 1.29 is 14.7 Å². The number of nitrogens with zero attached hydrogens (tertiary/aromatic N) is 4. The van der Waals surface area contributed by atoms with Crippen LogP contribution in [0.1, 0.15) is 22.5 Å². The highest BCUT2D eigenvalue weighted by molar-refractivity contribution is 6.30. The molecule has 0 bridgehead atoms. The lowest BCUT2D eigenvalue weighted by Gasteiger charge is -2.22. The normalized spacial score (nSPS) is 10.9. The van der Waals surface area contributed by atoms with Crippen LogP contribution in [-0.2, 0) is 22.4 Å². The molecule has 3 rings (SSSR count). The summed E-state index contributed by atoms with van der Waals surface area (Å²) in [5.41, 5.74) is 3.07. The fourth-order valence-corrected chi connectivity index (χ4v) is 3.58. The predicted octanol–water partition coefficient (Wildman–Crippen LogP) is 4.13. The lowest BCUT2D eigenvalue weighted by molar-refractivity contribution is -0.136. The fraction of sp³-hybridized carbons (Fsp3) is 0.231. The molecule has 1 amide bonds. The highest BCUT2D eigenvalue weighted by Crippen LogP contribution is 2.27. The van der Waals surface area contributed by atoms with E-state index in [0.29, 0.717) is 40.2 Å². The number of aliphatic carboxylic acids is 1. The molecule has 0 saturated heterocycles. The Kier molecular flexibility index (Phi) is 8.43. The van der Waals surface area contributed by atoms with E-state index in [1.54, 1.807) is 28.0 Å². The van der Waals surface area contributed by atoms with Gasteiger partial charge in [-0.3, -0.25) is 9.59 Å². The van der Waals surface area contributed by atoms with Crippen LogP contribution in [0.2, 0.25) is 5.02 Å². The Hall–Kier alpha value is -3.91. The van der Waals surface area contributed by atoms with E-state index in [0.717, 1.165) is 11.1 Å². The average molecular weight is 494 g/mol. The minimum Gasteiger partial charge on any atom is -0.481 e. The van der Waals surface area contributed by atoms with Gasteiger partial charge < -0.3 is 20.2 Å². The average Bonchev–Trinajstić information content (AvgIpc) is 2.80. The number of carbonyl (C=O) groups is 2. The fourth-order valence-electron chi connectivity index (χ4n) is 3.45. The highest BCUT2D eigenvalue weighted by atomic mass is 35.5. The quantitative estimate of drug-likeness (QED) is 0.432. The smallest absolute Gasteiger partial charge is 0.308 e. The molecule has 0 aliphatic heterocycles. The van der Waals surface area contributed by atoms with E-state index in [1.165, 1.54) is 6.08 Å². The summed E-state index contributed by atoms with van der Waals surface area (Å²) in [6.07, 6.45) is 3.48. The third-order valence-electron chi connectivity index (χ3n) is 5.07. The number of nitrogens with one attached hydrogen (secondary N) is 1. The van der Waals surface area contributed by atoms with Gasteiger partial charge in [0, 0.05) is 57.0 Å². The Balaban J connectivity index is 1.73. The zero-order chi connectivity index (χ0) is 25.5. The van der Waals surface area contributed by atoms with E-state index in [4.69, 9.17) is 11.6 Å². The van der Waals surface area contributed by atoms with Crippen molar-refractivity contribution in [2.75, 3.05) is 43.3 Å². The molecule has 1 aromatic heterocycles. The molecule has 182 valence electrons. The van der Waals surface area contributed by atoms with Crippen LogP contribution < -0.4 is 15.1 Å². The number of carboxylic acid groups (broad SMARTS) is 1. The van der Waals surface area contributed by atoms with Crippen LogP contribution in [0.5, 0.6) is 0 Å². The van der Waals surface area contributed by atoms with Crippen molar-refractivity contribution >= 4 is 46.9 Å². The third kappa shape index (κ3) is 7.28. The second kappa shape index (κ2) is 11.5. The molecule has 1 heterocycles. The lowest BCUT2D eigenvalue weighted by atomic mass is 10.1. The van der Waals surface area contributed by atoms with Crippen LogP contribution in [0.25, 0.3) is 6.08 Å². The summed E-state index contributed by atoms with van der Waals surface area (Å²) in [6, 6.07) is 14.6. The summed E-state index contributed by atoms with van der Waals surface area (Å²) in [4.78, 5) is 36.5. The molecular formula is C26H28ClN5O3. The van der Waals surface area contributed by atoms with Gasteiger partial charge in [0.2, 0.25) is 5.91 Å². The van der Waals surface area contributed by atoms with E-state index < -0.39 is 5.97 Å². The molecule has 2 aromatic carbocycles. The van der Waals surface area contributed by atoms with Gasteiger partial charge in [-0.05, 0) is 41.5 Å². The molecule has 3 aromatic rings. The number of aromatic nitrogens is 2. The Morgan fingerprint density at radius 2 is 1.51 bits per heavy atom. The van der Waals surface area contributed by atoms with Gasteiger partial charge in [-0.15, -0.1) is 0 Å². The number of carboxylic acids is 1. The van der Waals surface area contributed by atoms with Crippen molar-refractivity contribution in [2.45, 2.75) is 12.8 Å². The molecule has 35 heavy (non-hydrogen) atoms. The van der Waals surface area contributed by atoms with Gasteiger partial charge in [-0.25, -0.2) is 9.97 Å². The molecule has 0 aliphatic carbocycles. The first-order valence-corrected chi connectivity index (χ1v) is 11.3. The van der Waals surface area contributed by atoms with Crippen LogP contribution in [0, 0.1) is 0 Å². The Morgan fingerprint density at radius 1 is 0.943 bits per heavy atom. The van der Waals surface area contributed by atoms with Gasteiger partial charge in [0.1, 0.15) is 17.5 Å². The maximum absolute atomic E-state index is 12.2. The highest BCUT2D eigenvalue weighted by Gasteiger charge is 2.20. The zero-order valence-corrected chi connectivity index (χ0v) is 20.9. The van der Waals surface area contributed by atoms with Crippen molar-refractivity contribution in [3.05, 3.63) is 82.1 Å². The topological polar surface area (TPSA) is 98.7 Å². The van der Waals surface area contributed by atoms with Gasteiger partial charge in [-0.2, -0.15) is 0 Å². The van der Waals surface area contributed by atoms with E-state index in [-0.39, 0.29) is 12.3 Å². The van der Waals surface area contributed by atoms with Gasteiger partial charge in [-0.1, -0.05) is 35.9 Å². The SMILES string of the molecule is CN(C)c1nc(Cc2ccc(NC(=O)/C=C/c3ccc(Cl)cc3)cc2)nc(N(C)C)c1CC(=O)O. The minimum atomic E-state index is -0.937. The van der Waals surface area contributed by atoms with E-state index in [2.05, 4.69) is 15.3 Å². The summed E-state index contributed by atoms with van der Waals surface area (Å²) in [5.74, 6) is 0.564. The molecule has 0 saturated carbocycles. The first-order valence-electron chi connectivity index (χ1n) is 10.9. The zero-order valence-electron chi connectivity index (χ0n) is 20.1. The van der Waals surface area contributed by atoms with Gasteiger partial charge in [0.25, 0.3) is 0 Å². The Bertz CT molecular complexity index is 1190. The van der Waals surface area contributed by atoms with E-state index >= 15 is 0 Å². The number of halogens is 1. The van der Waals surface area contributed by atoms with Crippen molar-refractivity contribution in [1.29, 1.82) is 0 Å². The molecule has 0 atom stereocenters. The Labute approximate surface area is 209 Å². The van der Waals surface area contributed by atoms with Crippen LogP contribution in [-0.4, -0.2) is 55.1 Å².